The average molecular weight is 276 g/mol. The molecule has 0 aliphatic rings. The maximum atomic E-state index is 12.1. The molecule has 1 aromatic carbocycles. The Balaban J connectivity index is 2.82. The highest BCUT2D eigenvalue weighted by Crippen LogP contribution is 2.18. The van der Waals surface area contributed by atoms with Gasteiger partial charge in [0.1, 0.15) is 6.54 Å². The van der Waals surface area contributed by atoms with E-state index in [9.17, 15) is 9.59 Å². The van der Waals surface area contributed by atoms with Gasteiger partial charge in [-0.2, -0.15) is 0 Å². The van der Waals surface area contributed by atoms with E-state index >= 15 is 0 Å². The maximum Gasteiger partial charge on any atom is 0.244 e. The van der Waals surface area contributed by atoms with Crippen molar-refractivity contribution >= 4 is 17.5 Å². The number of amides is 2. The van der Waals surface area contributed by atoms with Gasteiger partial charge in [-0.05, 0) is 51.8 Å². The SMILES string of the molecule is CC(=O)N(CC(=O)Nc1cccc(C)c1C)C(C)(C)C. The Morgan fingerprint density at radius 3 is 2.30 bits per heavy atom. The summed E-state index contributed by atoms with van der Waals surface area (Å²) in [6.07, 6.45) is 0. The van der Waals surface area contributed by atoms with Crippen molar-refractivity contribution in [2.75, 3.05) is 11.9 Å². The average Bonchev–Trinajstić information content (AvgIpc) is 2.30. The lowest BCUT2D eigenvalue weighted by molar-refractivity contribution is -0.137. The maximum absolute atomic E-state index is 12.1. The van der Waals surface area contributed by atoms with Gasteiger partial charge in [-0.25, -0.2) is 0 Å². The van der Waals surface area contributed by atoms with Crippen LogP contribution in [0.2, 0.25) is 0 Å². The van der Waals surface area contributed by atoms with Gasteiger partial charge < -0.3 is 10.2 Å². The summed E-state index contributed by atoms with van der Waals surface area (Å²) < 4.78 is 0. The van der Waals surface area contributed by atoms with E-state index in [0.717, 1.165) is 16.8 Å². The summed E-state index contributed by atoms with van der Waals surface area (Å²) in [4.78, 5) is 25.3. The molecular weight excluding hydrogens is 252 g/mol. The molecule has 0 heterocycles. The number of hydrogen-bond donors (Lipinski definition) is 1. The van der Waals surface area contributed by atoms with Gasteiger partial charge in [0, 0.05) is 18.2 Å². The van der Waals surface area contributed by atoms with Crippen LogP contribution in [0.4, 0.5) is 5.69 Å². The van der Waals surface area contributed by atoms with Crippen LogP contribution >= 0.6 is 0 Å². The highest BCUT2D eigenvalue weighted by atomic mass is 16.2. The number of hydrogen-bond acceptors (Lipinski definition) is 2. The number of benzene rings is 1. The highest BCUT2D eigenvalue weighted by Gasteiger charge is 2.25. The molecule has 0 aromatic heterocycles. The number of rotatable bonds is 3. The molecule has 4 nitrogen and oxygen atoms in total. The van der Waals surface area contributed by atoms with Gasteiger partial charge >= 0.3 is 0 Å². The summed E-state index contributed by atoms with van der Waals surface area (Å²) in [7, 11) is 0. The zero-order valence-electron chi connectivity index (χ0n) is 13.2. The van der Waals surface area contributed by atoms with Crippen molar-refractivity contribution in [1.82, 2.24) is 4.90 Å². The van der Waals surface area contributed by atoms with Gasteiger partial charge in [0.05, 0.1) is 0 Å². The fourth-order valence-corrected chi connectivity index (χ4v) is 2.04. The lowest BCUT2D eigenvalue weighted by Gasteiger charge is -2.34. The van der Waals surface area contributed by atoms with Crippen molar-refractivity contribution in [1.29, 1.82) is 0 Å². The molecule has 0 fully saturated rings. The van der Waals surface area contributed by atoms with Crippen molar-refractivity contribution in [3.05, 3.63) is 29.3 Å². The summed E-state index contributed by atoms with van der Waals surface area (Å²) in [5.74, 6) is -0.280. The van der Waals surface area contributed by atoms with Crippen LogP contribution in [0, 0.1) is 13.8 Å². The van der Waals surface area contributed by atoms with E-state index in [1.807, 2.05) is 52.8 Å². The molecule has 0 aliphatic carbocycles. The second-order valence-corrected chi connectivity index (χ2v) is 6.07. The first-order valence-electron chi connectivity index (χ1n) is 6.77. The quantitative estimate of drug-likeness (QED) is 0.923. The van der Waals surface area contributed by atoms with Gasteiger partial charge in [0.25, 0.3) is 0 Å². The Morgan fingerprint density at radius 2 is 1.80 bits per heavy atom. The lowest BCUT2D eigenvalue weighted by atomic mass is 10.1. The van der Waals surface area contributed by atoms with Crippen LogP contribution in [-0.4, -0.2) is 28.8 Å². The molecule has 0 radical (unpaired) electrons. The van der Waals surface area contributed by atoms with E-state index in [1.54, 1.807) is 4.90 Å². The molecule has 1 aromatic rings. The molecule has 0 saturated carbocycles. The summed E-state index contributed by atoms with van der Waals surface area (Å²) >= 11 is 0. The van der Waals surface area contributed by atoms with Crippen LogP contribution in [-0.2, 0) is 9.59 Å². The predicted octanol–water partition coefficient (Wildman–Crippen LogP) is 2.89. The van der Waals surface area contributed by atoms with E-state index in [0.29, 0.717) is 0 Å². The van der Waals surface area contributed by atoms with Crippen molar-refractivity contribution in [2.24, 2.45) is 0 Å². The molecule has 0 atom stereocenters. The number of nitrogens with zero attached hydrogens (tertiary/aromatic N) is 1. The standard InChI is InChI=1S/C16H24N2O2/c1-11-8-7-9-14(12(11)2)17-15(20)10-18(13(3)19)16(4,5)6/h7-9H,10H2,1-6H3,(H,17,20). The molecule has 1 N–H and O–H groups in total. The normalized spacial score (nSPS) is 11.1. The van der Waals surface area contributed by atoms with Gasteiger partial charge in [-0.3, -0.25) is 9.59 Å². The second-order valence-electron chi connectivity index (χ2n) is 6.07. The summed E-state index contributed by atoms with van der Waals surface area (Å²) in [6, 6.07) is 5.78. The Hall–Kier alpha value is -1.84. The van der Waals surface area contributed by atoms with Crippen molar-refractivity contribution in [3.63, 3.8) is 0 Å². The molecule has 0 spiro atoms. The van der Waals surface area contributed by atoms with Crippen LogP contribution in [0.1, 0.15) is 38.8 Å². The third-order valence-corrected chi connectivity index (χ3v) is 3.37. The number of carbonyl (C=O) groups excluding carboxylic acids is 2. The van der Waals surface area contributed by atoms with Crippen LogP contribution in [0.25, 0.3) is 0 Å². The summed E-state index contributed by atoms with van der Waals surface area (Å²) in [5, 5.41) is 2.88. The van der Waals surface area contributed by atoms with Crippen LogP contribution in [0.3, 0.4) is 0 Å². The Bertz CT molecular complexity index is 516. The predicted molar refractivity (Wildman–Crippen MR) is 81.7 cm³/mol. The molecule has 2 amide bonds. The van der Waals surface area contributed by atoms with Crippen molar-refractivity contribution < 1.29 is 9.59 Å². The molecule has 20 heavy (non-hydrogen) atoms. The van der Waals surface area contributed by atoms with E-state index < -0.39 is 0 Å². The topological polar surface area (TPSA) is 49.4 Å². The first kappa shape index (κ1) is 16.2. The number of anilines is 1. The first-order chi connectivity index (χ1) is 9.12. The molecule has 0 unspecified atom stereocenters. The van der Waals surface area contributed by atoms with Gasteiger partial charge in [-0.1, -0.05) is 12.1 Å². The lowest BCUT2D eigenvalue weighted by Crippen LogP contribution is -2.48. The van der Waals surface area contributed by atoms with E-state index in [2.05, 4.69) is 5.32 Å². The monoisotopic (exact) mass is 276 g/mol. The molecular formula is C16H24N2O2. The minimum Gasteiger partial charge on any atom is -0.329 e. The summed E-state index contributed by atoms with van der Waals surface area (Å²) in [6.45, 7) is 11.3. The molecule has 110 valence electrons. The second kappa shape index (κ2) is 6.07. The summed E-state index contributed by atoms with van der Waals surface area (Å²) in [5.41, 5.74) is 2.60. The molecule has 1 rings (SSSR count). The van der Waals surface area contributed by atoms with Gasteiger partial charge in [-0.15, -0.1) is 0 Å². The molecule has 0 bridgehead atoms. The fraction of sp³-hybridized carbons (Fsp3) is 0.500. The van der Waals surface area contributed by atoms with Crippen LogP contribution in [0.5, 0.6) is 0 Å². The Kier molecular flexibility index (Phi) is 4.93. The third-order valence-electron chi connectivity index (χ3n) is 3.37. The van der Waals surface area contributed by atoms with Crippen LogP contribution in [0.15, 0.2) is 18.2 Å². The number of nitrogens with one attached hydrogen (secondary N) is 1. The molecule has 4 heteroatoms. The smallest absolute Gasteiger partial charge is 0.244 e. The number of aryl methyl sites for hydroxylation is 1. The van der Waals surface area contributed by atoms with Crippen molar-refractivity contribution in [2.45, 2.75) is 47.1 Å². The molecule has 0 aliphatic heterocycles. The largest absolute Gasteiger partial charge is 0.329 e. The Labute approximate surface area is 121 Å². The minimum atomic E-state index is -0.370. The highest BCUT2D eigenvalue weighted by molar-refractivity contribution is 5.95. The minimum absolute atomic E-state index is 0.0617. The van der Waals surface area contributed by atoms with E-state index in [-0.39, 0.29) is 23.9 Å². The van der Waals surface area contributed by atoms with Crippen LogP contribution < -0.4 is 5.32 Å². The van der Waals surface area contributed by atoms with E-state index in [1.165, 1.54) is 6.92 Å². The third kappa shape index (κ3) is 4.08. The zero-order chi connectivity index (χ0) is 15.5. The zero-order valence-corrected chi connectivity index (χ0v) is 13.2. The Morgan fingerprint density at radius 1 is 1.20 bits per heavy atom. The first-order valence-corrected chi connectivity index (χ1v) is 6.77. The van der Waals surface area contributed by atoms with Gasteiger partial charge in [0.15, 0.2) is 0 Å². The fourth-order valence-electron chi connectivity index (χ4n) is 2.04. The van der Waals surface area contributed by atoms with Gasteiger partial charge in [0.2, 0.25) is 11.8 Å². The van der Waals surface area contributed by atoms with E-state index in [4.69, 9.17) is 0 Å². The van der Waals surface area contributed by atoms with Crippen molar-refractivity contribution in [3.8, 4) is 0 Å². The molecule has 0 saturated heterocycles. The number of carbonyl (C=O) groups is 2.